The Bertz CT molecular complexity index is 935. The lowest BCUT2D eigenvalue weighted by molar-refractivity contribution is -0.122. The summed E-state index contributed by atoms with van der Waals surface area (Å²) in [4.78, 5) is 24.1. The van der Waals surface area contributed by atoms with Gasteiger partial charge in [-0.05, 0) is 36.8 Å². The molecule has 3 rings (SSSR count). The normalized spacial score (nSPS) is 12.1. The standard InChI is InChI=1S/C18H16FN3O2/c1-12(13-6-8-14(19)9-7-13)21-18(24)11-22-16-5-3-2-4-15(16)17(23)10-20-22/h2-10,12H,11H2,1H3,(H,21,24)/t12-/m0/s1. The topological polar surface area (TPSA) is 64.0 Å². The van der Waals surface area contributed by atoms with E-state index >= 15 is 0 Å². The number of carbonyl (C=O) groups is 1. The number of aromatic nitrogens is 2. The first-order chi connectivity index (χ1) is 11.5. The Labute approximate surface area is 137 Å². The first-order valence-electron chi connectivity index (χ1n) is 7.54. The Balaban J connectivity index is 1.77. The average molecular weight is 325 g/mol. The van der Waals surface area contributed by atoms with Gasteiger partial charge in [-0.2, -0.15) is 5.10 Å². The maximum Gasteiger partial charge on any atom is 0.242 e. The molecule has 0 aliphatic carbocycles. The fourth-order valence-electron chi connectivity index (χ4n) is 2.54. The number of nitrogens with zero attached hydrogens (tertiary/aromatic N) is 2. The summed E-state index contributed by atoms with van der Waals surface area (Å²) >= 11 is 0. The van der Waals surface area contributed by atoms with Crippen LogP contribution in [-0.4, -0.2) is 15.7 Å². The van der Waals surface area contributed by atoms with Crippen LogP contribution in [0.3, 0.4) is 0 Å². The van der Waals surface area contributed by atoms with Crippen LogP contribution in [-0.2, 0) is 11.3 Å². The zero-order valence-corrected chi connectivity index (χ0v) is 13.1. The molecule has 0 aliphatic rings. The molecule has 2 aromatic carbocycles. The predicted molar refractivity (Wildman–Crippen MR) is 89.0 cm³/mol. The fourth-order valence-corrected chi connectivity index (χ4v) is 2.54. The van der Waals surface area contributed by atoms with Crippen molar-refractivity contribution < 1.29 is 9.18 Å². The van der Waals surface area contributed by atoms with Crippen LogP contribution in [0.25, 0.3) is 10.9 Å². The molecule has 0 saturated carbocycles. The van der Waals surface area contributed by atoms with Crippen molar-refractivity contribution in [1.29, 1.82) is 0 Å². The quantitative estimate of drug-likeness (QED) is 0.801. The monoisotopic (exact) mass is 325 g/mol. The van der Waals surface area contributed by atoms with E-state index in [9.17, 15) is 14.0 Å². The molecule has 0 bridgehead atoms. The highest BCUT2D eigenvalue weighted by Crippen LogP contribution is 2.13. The van der Waals surface area contributed by atoms with Gasteiger partial charge in [-0.25, -0.2) is 4.39 Å². The molecule has 0 radical (unpaired) electrons. The number of carbonyl (C=O) groups excluding carboxylic acids is 1. The molecule has 3 aromatic rings. The highest BCUT2D eigenvalue weighted by atomic mass is 19.1. The maximum absolute atomic E-state index is 13.0. The lowest BCUT2D eigenvalue weighted by atomic mass is 10.1. The third-order valence-electron chi connectivity index (χ3n) is 3.80. The van der Waals surface area contributed by atoms with E-state index in [-0.39, 0.29) is 29.7 Å². The second kappa shape index (κ2) is 6.62. The molecule has 1 atom stereocenters. The Morgan fingerprint density at radius 3 is 2.67 bits per heavy atom. The molecule has 0 unspecified atom stereocenters. The minimum Gasteiger partial charge on any atom is -0.348 e. The number of amides is 1. The first-order valence-corrected chi connectivity index (χ1v) is 7.54. The van der Waals surface area contributed by atoms with Gasteiger partial charge >= 0.3 is 0 Å². The van der Waals surface area contributed by atoms with Crippen molar-refractivity contribution in [1.82, 2.24) is 15.1 Å². The molecule has 0 fully saturated rings. The van der Waals surface area contributed by atoms with Gasteiger partial charge in [-0.3, -0.25) is 14.3 Å². The van der Waals surface area contributed by atoms with E-state index in [1.165, 1.54) is 23.0 Å². The third-order valence-corrected chi connectivity index (χ3v) is 3.80. The second-order valence-electron chi connectivity index (χ2n) is 5.52. The van der Waals surface area contributed by atoms with Crippen LogP contribution >= 0.6 is 0 Å². The number of para-hydroxylation sites is 1. The van der Waals surface area contributed by atoms with Gasteiger partial charge in [0.05, 0.1) is 17.8 Å². The molecular formula is C18H16FN3O2. The Hall–Kier alpha value is -3.02. The van der Waals surface area contributed by atoms with Crippen molar-refractivity contribution >= 4 is 16.8 Å². The summed E-state index contributed by atoms with van der Waals surface area (Å²) < 4.78 is 14.4. The van der Waals surface area contributed by atoms with E-state index < -0.39 is 0 Å². The van der Waals surface area contributed by atoms with Gasteiger partial charge in [0.1, 0.15) is 12.4 Å². The largest absolute Gasteiger partial charge is 0.348 e. The first kappa shape index (κ1) is 15.9. The molecular weight excluding hydrogens is 309 g/mol. The second-order valence-corrected chi connectivity index (χ2v) is 5.52. The van der Waals surface area contributed by atoms with Gasteiger partial charge in [-0.1, -0.05) is 24.3 Å². The zero-order valence-electron chi connectivity index (χ0n) is 13.1. The molecule has 0 aliphatic heterocycles. The summed E-state index contributed by atoms with van der Waals surface area (Å²) in [6.45, 7) is 1.81. The summed E-state index contributed by atoms with van der Waals surface area (Å²) in [7, 11) is 0. The molecule has 1 N–H and O–H groups in total. The van der Waals surface area contributed by atoms with Crippen LogP contribution < -0.4 is 10.7 Å². The van der Waals surface area contributed by atoms with Gasteiger partial charge in [0.2, 0.25) is 11.3 Å². The van der Waals surface area contributed by atoms with Crippen molar-refractivity contribution in [3.63, 3.8) is 0 Å². The third kappa shape index (κ3) is 3.32. The highest BCUT2D eigenvalue weighted by molar-refractivity contribution is 5.81. The lowest BCUT2D eigenvalue weighted by Gasteiger charge is -2.15. The van der Waals surface area contributed by atoms with Gasteiger partial charge in [0.15, 0.2) is 0 Å². The SMILES string of the molecule is C[C@H](NC(=O)Cn1ncc(=O)c2ccccc21)c1ccc(F)cc1. The minimum absolute atomic E-state index is 0.00761. The van der Waals surface area contributed by atoms with E-state index in [2.05, 4.69) is 10.4 Å². The van der Waals surface area contributed by atoms with E-state index in [0.29, 0.717) is 10.9 Å². The van der Waals surface area contributed by atoms with Gasteiger partial charge in [0.25, 0.3) is 0 Å². The summed E-state index contributed by atoms with van der Waals surface area (Å²) in [5.74, 6) is -0.561. The zero-order chi connectivity index (χ0) is 17.1. The Morgan fingerprint density at radius 1 is 1.21 bits per heavy atom. The number of halogens is 1. The lowest BCUT2D eigenvalue weighted by Crippen LogP contribution is -2.31. The van der Waals surface area contributed by atoms with Gasteiger partial charge in [0, 0.05) is 5.39 Å². The molecule has 1 aromatic heterocycles. The molecule has 24 heavy (non-hydrogen) atoms. The molecule has 6 heteroatoms. The molecule has 1 heterocycles. The van der Waals surface area contributed by atoms with Crippen molar-refractivity contribution in [3.8, 4) is 0 Å². The smallest absolute Gasteiger partial charge is 0.242 e. The summed E-state index contributed by atoms with van der Waals surface area (Å²) in [5.41, 5.74) is 1.24. The van der Waals surface area contributed by atoms with E-state index in [1.54, 1.807) is 36.4 Å². The van der Waals surface area contributed by atoms with Crippen LogP contribution in [0.1, 0.15) is 18.5 Å². The van der Waals surface area contributed by atoms with Crippen molar-refractivity contribution in [3.05, 3.63) is 76.3 Å². The predicted octanol–water partition coefficient (Wildman–Crippen LogP) is 2.41. The van der Waals surface area contributed by atoms with E-state index in [4.69, 9.17) is 0 Å². The number of fused-ring (bicyclic) bond motifs is 1. The van der Waals surface area contributed by atoms with Crippen LogP contribution in [0.15, 0.2) is 59.5 Å². The molecule has 122 valence electrons. The number of benzene rings is 2. The number of hydrogen-bond acceptors (Lipinski definition) is 3. The van der Waals surface area contributed by atoms with Crippen molar-refractivity contribution in [2.45, 2.75) is 19.5 Å². The molecule has 0 spiro atoms. The Morgan fingerprint density at radius 2 is 1.92 bits per heavy atom. The van der Waals surface area contributed by atoms with Crippen molar-refractivity contribution in [2.24, 2.45) is 0 Å². The van der Waals surface area contributed by atoms with Crippen LogP contribution in [0.2, 0.25) is 0 Å². The summed E-state index contributed by atoms with van der Waals surface area (Å²) in [6, 6.07) is 12.7. The highest BCUT2D eigenvalue weighted by Gasteiger charge is 2.12. The molecule has 1 amide bonds. The number of rotatable bonds is 4. The van der Waals surface area contributed by atoms with E-state index in [1.807, 2.05) is 6.92 Å². The summed E-state index contributed by atoms with van der Waals surface area (Å²) in [6.07, 6.45) is 1.21. The molecule has 5 nitrogen and oxygen atoms in total. The van der Waals surface area contributed by atoms with Gasteiger partial charge in [-0.15, -0.1) is 0 Å². The van der Waals surface area contributed by atoms with Crippen LogP contribution in [0.4, 0.5) is 4.39 Å². The van der Waals surface area contributed by atoms with E-state index in [0.717, 1.165) is 5.56 Å². The fraction of sp³-hybridized carbons (Fsp3) is 0.167. The number of hydrogen-bond donors (Lipinski definition) is 1. The van der Waals surface area contributed by atoms with Crippen molar-refractivity contribution in [2.75, 3.05) is 0 Å². The van der Waals surface area contributed by atoms with Crippen LogP contribution in [0.5, 0.6) is 0 Å². The van der Waals surface area contributed by atoms with Gasteiger partial charge < -0.3 is 5.32 Å². The molecule has 0 saturated heterocycles. The number of nitrogens with one attached hydrogen (secondary N) is 1. The average Bonchev–Trinajstić information content (AvgIpc) is 2.58. The van der Waals surface area contributed by atoms with Crippen LogP contribution in [0, 0.1) is 5.82 Å². The summed E-state index contributed by atoms with van der Waals surface area (Å²) in [5, 5.41) is 7.40. The minimum atomic E-state index is -0.318. The maximum atomic E-state index is 13.0. The Kier molecular flexibility index (Phi) is 4.37.